The highest BCUT2D eigenvalue weighted by Gasteiger charge is 2.41. The van der Waals surface area contributed by atoms with Crippen LogP contribution in [0.15, 0.2) is 45.0 Å². The Labute approximate surface area is 250 Å². The van der Waals surface area contributed by atoms with Gasteiger partial charge in [-0.25, -0.2) is 13.6 Å². The Hall–Kier alpha value is -2.97. The molecule has 7 nitrogen and oxygen atoms in total. The Bertz CT molecular complexity index is 1650. The third-order valence-corrected chi connectivity index (χ3v) is 9.37. The summed E-state index contributed by atoms with van der Waals surface area (Å²) in [5, 5.41) is 0.0541. The zero-order valence-electron chi connectivity index (χ0n) is 22.8. The number of nitrogens with zero attached hydrogens (tertiary/aromatic N) is 4. The Morgan fingerprint density at radius 3 is 2.45 bits per heavy atom. The van der Waals surface area contributed by atoms with Crippen LogP contribution in [0.2, 0.25) is 0 Å². The van der Waals surface area contributed by atoms with E-state index in [2.05, 4.69) is 27.5 Å². The summed E-state index contributed by atoms with van der Waals surface area (Å²) in [5.74, 6) is -2.23. The van der Waals surface area contributed by atoms with E-state index in [9.17, 15) is 27.2 Å². The van der Waals surface area contributed by atoms with Crippen LogP contribution in [-0.2, 0) is 15.7 Å². The number of amides is 1. The first kappa shape index (κ1) is 30.5. The summed E-state index contributed by atoms with van der Waals surface area (Å²) in [6, 6.07) is 1.09. The first-order chi connectivity index (χ1) is 19.8. The second-order valence-corrected chi connectivity index (χ2v) is 12.2. The molecule has 0 unspecified atom stereocenters. The lowest BCUT2D eigenvalue weighted by atomic mass is 9.95. The van der Waals surface area contributed by atoms with E-state index in [0.717, 1.165) is 23.9 Å². The van der Waals surface area contributed by atoms with Gasteiger partial charge in [-0.15, -0.1) is 11.8 Å². The van der Waals surface area contributed by atoms with Crippen LogP contribution in [0.3, 0.4) is 0 Å². The summed E-state index contributed by atoms with van der Waals surface area (Å²) < 4.78 is 80.0. The largest absolute Gasteiger partial charge is 0.417 e. The summed E-state index contributed by atoms with van der Waals surface area (Å²) in [5.41, 5.74) is -2.62. The van der Waals surface area contributed by atoms with Crippen LogP contribution < -0.4 is 10.6 Å². The minimum Gasteiger partial charge on any atom is -0.383 e. The maximum Gasteiger partial charge on any atom is 0.417 e. The topological polar surface area (TPSA) is 67.7 Å². The standard InChI is InChI=1S/C28H26BrF5N4O3S/c1-5-22(39)37-13(2)9-36(10-14(37)3)26-17-6-18(28(32,33)34)23(16-7-19(29)21(31)8-20(16)30)25-24(17)38(27(40)35-26)15(11-41-4)12-42-25/h5-8,13-15H,1,9-12H2,2-4H3/t13-,14+,15-/m0/s1. The van der Waals surface area contributed by atoms with Crippen molar-refractivity contribution in [3.05, 3.63) is 63.0 Å². The number of hydrogen-bond donors (Lipinski definition) is 0. The van der Waals surface area contributed by atoms with Crippen molar-refractivity contribution in [3.63, 3.8) is 0 Å². The Balaban J connectivity index is 1.85. The second-order valence-electron chi connectivity index (χ2n) is 10.3. The van der Waals surface area contributed by atoms with Crippen LogP contribution in [0.1, 0.15) is 25.5 Å². The van der Waals surface area contributed by atoms with Gasteiger partial charge in [-0.2, -0.15) is 18.2 Å². The van der Waals surface area contributed by atoms with E-state index in [-0.39, 0.29) is 69.5 Å². The molecule has 0 N–H and O–H groups in total. The smallest absolute Gasteiger partial charge is 0.383 e. The molecule has 1 saturated heterocycles. The molecule has 0 bridgehead atoms. The van der Waals surface area contributed by atoms with Gasteiger partial charge < -0.3 is 14.5 Å². The molecule has 2 aliphatic heterocycles. The molecule has 3 atom stereocenters. The third kappa shape index (κ3) is 5.11. The van der Waals surface area contributed by atoms with Gasteiger partial charge in [-0.3, -0.25) is 9.36 Å². The van der Waals surface area contributed by atoms with Crippen molar-refractivity contribution in [1.29, 1.82) is 0 Å². The Kier molecular flexibility index (Phi) is 8.18. The number of hydrogen-bond acceptors (Lipinski definition) is 6. The average molecular weight is 674 g/mol. The van der Waals surface area contributed by atoms with Crippen molar-refractivity contribution in [2.45, 2.75) is 43.0 Å². The number of aromatic nitrogens is 2. The van der Waals surface area contributed by atoms with E-state index < -0.39 is 46.2 Å². The fraction of sp³-hybridized carbons (Fsp3) is 0.393. The molecule has 0 radical (unpaired) electrons. The lowest BCUT2D eigenvalue weighted by molar-refractivity contribution is -0.137. The SMILES string of the molecule is C=CC(=O)N1[C@H](C)CN(c2nc(=O)n3c4c(c(-c5cc(Br)c(F)cc5F)c(C(F)(F)F)cc24)SC[C@@H]3COC)C[C@@H]1C. The number of halogens is 6. The lowest BCUT2D eigenvalue weighted by Crippen LogP contribution is -2.58. The summed E-state index contributed by atoms with van der Waals surface area (Å²) in [6.07, 6.45) is -3.74. The van der Waals surface area contributed by atoms with Crippen molar-refractivity contribution in [3.8, 4) is 11.1 Å². The molecule has 0 saturated carbocycles. The van der Waals surface area contributed by atoms with Crippen molar-refractivity contribution < 1.29 is 31.5 Å². The zero-order chi connectivity index (χ0) is 30.7. The van der Waals surface area contributed by atoms with E-state index in [1.165, 1.54) is 17.8 Å². The fourth-order valence-electron chi connectivity index (χ4n) is 5.89. The van der Waals surface area contributed by atoms with Crippen LogP contribution in [0.5, 0.6) is 0 Å². The normalized spacial score (nSPS) is 20.7. The molecule has 1 fully saturated rings. The van der Waals surface area contributed by atoms with Gasteiger partial charge in [0, 0.05) is 65.5 Å². The van der Waals surface area contributed by atoms with Gasteiger partial charge in [0.1, 0.15) is 17.5 Å². The fourth-order valence-corrected chi connectivity index (χ4v) is 7.54. The highest BCUT2D eigenvalue weighted by atomic mass is 79.9. The number of methoxy groups -OCH3 is 1. The van der Waals surface area contributed by atoms with Gasteiger partial charge in [0.25, 0.3) is 0 Å². The van der Waals surface area contributed by atoms with E-state index >= 15 is 4.39 Å². The van der Waals surface area contributed by atoms with E-state index in [4.69, 9.17) is 4.74 Å². The monoisotopic (exact) mass is 672 g/mol. The number of anilines is 1. The minimum atomic E-state index is -4.94. The quantitative estimate of drug-likeness (QED) is 0.187. The molecular formula is C28H26BrF5N4O3S. The van der Waals surface area contributed by atoms with Crippen molar-refractivity contribution in [2.24, 2.45) is 0 Å². The van der Waals surface area contributed by atoms with Gasteiger partial charge >= 0.3 is 11.9 Å². The molecule has 1 amide bonds. The van der Waals surface area contributed by atoms with E-state index in [0.29, 0.717) is 6.07 Å². The number of carbonyl (C=O) groups is 1. The predicted molar refractivity (Wildman–Crippen MR) is 154 cm³/mol. The lowest BCUT2D eigenvalue weighted by Gasteiger charge is -2.45. The highest BCUT2D eigenvalue weighted by Crippen LogP contribution is 2.50. The molecule has 14 heteroatoms. The Morgan fingerprint density at radius 1 is 1.19 bits per heavy atom. The van der Waals surface area contributed by atoms with Crippen LogP contribution in [0, 0.1) is 11.6 Å². The summed E-state index contributed by atoms with van der Waals surface area (Å²) in [7, 11) is 1.45. The van der Waals surface area contributed by atoms with E-state index in [1.54, 1.807) is 23.6 Å². The van der Waals surface area contributed by atoms with Crippen LogP contribution >= 0.6 is 27.7 Å². The number of thioether (sulfide) groups is 1. The van der Waals surface area contributed by atoms with Gasteiger partial charge in [0.2, 0.25) is 5.91 Å². The van der Waals surface area contributed by atoms with Crippen LogP contribution in [0.4, 0.5) is 27.8 Å². The molecule has 3 heterocycles. The second kappa shape index (κ2) is 11.3. The number of carbonyl (C=O) groups excluding carboxylic acids is 1. The number of rotatable bonds is 5. The summed E-state index contributed by atoms with van der Waals surface area (Å²) >= 11 is 4.01. The van der Waals surface area contributed by atoms with E-state index in [1.807, 2.05) is 0 Å². The minimum absolute atomic E-state index is 0.0342. The van der Waals surface area contributed by atoms with Crippen LogP contribution in [-0.4, -0.2) is 65.0 Å². The first-order valence-electron chi connectivity index (χ1n) is 12.9. The molecule has 2 aliphatic rings. The maximum absolute atomic E-state index is 15.2. The van der Waals surface area contributed by atoms with Crippen molar-refractivity contribution in [1.82, 2.24) is 14.5 Å². The molecule has 1 aromatic heterocycles. The maximum atomic E-state index is 15.2. The molecule has 3 aromatic rings. The van der Waals surface area contributed by atoms with Gasteiger partial charge in [0.15, 0.2) is 0 Å². The molecular weight excluding hydrogens is 647 g/mol. The van der Waals surface area contributed by atoms with Crippen LogP contribution in [0.25, 0.3) is 22.0 Å². The van der Waals surface area contributed by atoms with Gasteiger partial charge in [0.05, 0.1) is 28.2 Å². The molecule has 224 valence electrons. The average Bonchev–Trinajstić information content (AvgIpc) is 2.91. The number of alkyl halides is 3. The summed E-state index contributed by atoms with van der Waals surface area (Å²) in [6.45, 7) is 7.61. The molecule has 2 aromatic carbocycles. The van der Waals surface area contributed by atoms with Gasteiger partial charge in [-0.05, 0) is 48.0 Å². The van der Waals surface area contributed by atoms with Crippen molar-refractivity contribution in [2.75, 3.05) is 37.5 Å². The predicted octanol–water partition coefficient (Wildman–Crippen LogP) is 6.03. The zero-order valence-corrected chi connectivity index (χ0v) is 25.2. The molecule has 0 spiro atoms. The summed E-state index contributed by atoms with van der Waals surface area (Å²) in [4.78, 5) is 33.7. The third-order valence-electron chi connectivity index (χ3n) is 7.52. The Morgan fingerprint density at radius 2 is 1.86 bits per heavy atom. The number of ether oxygens (including phenoxy) is 1. The first-order valence-corrected chi connectivity index (χ1v) is 14.7. The van der Waals surface area contributed by atoms with Gasteiger partial charge in [-0.1, -0.05) is 6.58 Å². The number of benzene rings is 2. The highest BCUT2D eigenvalue weighted by molar-refractivity contribution is 9.10. The number of piperazine rings is 1. The molecule has 0 aliphatic carbocycles. The molecule has 42 heavy (non-hydrogen) atoms. The van der Waals surface area contributed by atoms with Crippen molar-refractivity contribution >= 4 is 50.3 Å². The molecule has 5 rings (SSSR count).